The molecular formula is C15H15NS4. The summed E-state index contributed by atoms with van der Waals surface area (Å²) >= 11 is 13.1. The zero-order chi connectivity index (χ0) is 14.5. The van der Waals surface area contributed by atoms with E-state index in [-0.39, 0.29) is 0 Å². The molecule has 2 rings (SSSR count). The van der Waals surface area contributed by atoms with Crippen molar-refractivity contribution in [3.05, 3.63) is 48.5 Å². The summed E-state index contributed by atoms with van der Waals surface area (Å²) in [5, 5.41) is 0. The fourth-order valence-electron chi connectivity index (χ4n) is 1.83. The first-order valence-electron chi connectivity index (χ1n) is 5.97. The van der Waals surface area contributed by atoms with Gasteiger partial charge in [0.25, 0.3) is 0 Å². The zero-order valence-electron chi connectivity index (χ0n) is 11.2. The van der Waals surface area contributed by atoms with E-state index in [4.69, 9.17) is 12.2 Å². The number of nitrogens with zero attached hydrogens (tertiary/aromatic N) is 1. The zero-order valence-corrected chi connectivity index (χ0v) is 14.6. The molecule has 0 aromatic heterocycles. The molecule has 2 aromatic carbocycles. The van der Waals surface area contributed by atoms with Crippen LogP contribution in [0.2, 0.25) is 0 Å². The molecular weight excluding hydrogens is 322 g/mol. The van der Waals surface area contributed by atoms with Gasteiger partial charge in [0, 0.05) is 21.2 Å². The summed E-state index contributed by atoms with van der Waals surface area (Å²) in [5.74, 6) is 0. The Bertz CT molecular complexity index is 530. The molecule has 0 aliphatic rings. The third kappa shape index (κ3) is 3.73. The van der Waals surface area contributed by atoms with Crippen LogP contribution in [-0.2, 0) is 0 Å². The van der Waals surface area contributed by atoms with Gasteiger partial charge in [0.15, 0.2) is 0 Å². The lowest BCUT2D eigenvalue weighted by atomic mass is 10.2. The van der Waals surface area contributed by atoms with Gasteiger partial charge in [-0.05, 0) is 61.0 Å². The lowest BCUT2D eigenvalue weighted by molar-refractivity contribution is 1.33. The van der Waals surface area contributed by atoms with Crippen LogP contribution in [-0.4, -0.2) is 16.8 Å². The lowest BCUT2D eigenvalue weighted by Crippen LogP contribution is -2.19. The van der Waals surface area contributed by atoms with Crippen molar-refractivity contribution in [2.45, 2.75) is 9.79 Å². The molecule has 0 N–H and O–H groups in total. The van der Waals surface area contributed by atoms with Crippen LogP contribution in [0.25, 0.3) is 0 Å². The Morgan fingerprint density at radius 1 is 0.850 bits per heavy atom. The van der Waals surface area contributed by atoms with Gasteiger partial charge in [0.1, 0.15) is 4.32 Å². The molecule has 5 heteroatoms. The predicted octanol–water partition coefficient (Wildman–Crippen LogP) is 5.48. The van der Waals surface area contributed by atoms with E-state index in [2.05, 4.69) is 73.7 Å². The van der Waals surface area contributed by atoms with Gasteiger partial charge in [0.05, 0.1) is 0 Å². The third-order valence-electron chi connectivity index (χ3n) is 2.85. The average Bonchev–Trinajstić information content (AvgIpc) is 2.48. The van der Waals surface area contributed by atoms with E-state index in [9.17, 15) is 0 Å². The van der Waals surface area contributed by atoms with E-state index in [1.54, 1.807) is 23.5 Å². The molecule has 0 aliphatic heterocycles. The number of anilines is 2. The van der Waals surface area contributed by atoms with Crippen LogP contribution in [0, 0.1) is 0 Å². The minimum Gasteiger partial charge on any atom is -0.296 e. The van der Waals surface area contributed by atoms with Crippen molar-refractivity contribution in [3.8, 4) is 0 Å². The molecule has 0 amide bonds. The number of benzene rings is 2. The standard InChI is InChI=1S/C15H15NS4/c1-19-13-7-3-11(4-8-13)16(15(17)18)12-5-9-14(20-2)10-6-12/h3-10H,1-2H3,(H,17,18). The Balaban J connectivity index is 2.36. The van der Waals surface area contributed by atoms with Crippen LogP contribution in [0.1, 0.15) is 0 Å². The van der Waals surface area contributed by atoms with Crippen LogP contribution in [0.3, 0.4) is 0 Å². The number of thiocarbonyl (C=S) groups is 1. The summed E-state index contributed by atoms with van der Waals surface area (Å²) in [6.07, 6.45) is 4.13. The second-order valence-corrected chi connectivity index (χ2v) is 6.89. The Hall–Kier alpha value is -0.620. The van der Waals surface area contributed by atoms with Crippen molar-refractivity contribution < 1.29 is 0 Å². The van der Waals surface area contributed by atoms with E-state index in [1.807, 2.05) is 4.90 Å². The quantitative estimate of drug-likeness (QED) is 0.446. The van der Waals surface area contributed by atoms with Crippen molar-refractivity contribution in [2.75, 3.05) is 17.4 Å². The first-order valence-corrected chi connectivity index (χ1v) is 9.27. The number of thiol groups is 1. The summed E-state index contributed by atoms with van der Waals surface area (Å²) in [4.78, 5) is 4.43. The summed E-state index contributed by atoms with van der Waals surface area (Å²) in [7, 11) is 0. The van der Waals surface area contributed by atoms with Crippen LogP contribution in [0.15, 0.2) is 58.3 Å². The molecule has 0 fully saturated rings. The highest BCUT2D eigenvalue weighted by molar-refractivity contribution is 8.11. The van der Waals surface area contributed by atoms with Crippen molar-refractivity contribution in [3.63, 3.8) is 0 Å². The smallest absolute Gasteiger partial charge is 0.142 e. The van der Waals surface area contributed by atoms with E-state index < -0.39 is 0 Å². The monoisotopic (exact) mass is 337 g/mol. The molecule has 2 aromatic rings. The van der Waals surface area contributed by atoms with Crippen molar-refractivity contribution in [1.29, 1.82) is 0 Å². The maximum absolute atomic E-state index is 5.28. The second kappa shape index (κ2) is 7.41. The molecule has 0 atom stereocenters. The Morgan fingerprint density at radius 3 is 1.45 bits per heavy atom. The number of hydrogen-bond donors (Lipinski definition) is 1. The van der Waals surface area contributed by atoms with Gasteiger partial charge in [-0.15, -0.1) is 36.2 Å². The van der Waals surface area contributed by atoms with Gasteiger partial charge in [-0.1, -0.05) is 12.2 Å². The van der Waals surface area contributed by atoms with Crippen LogP contribution in [0.4, 0.5) is 11.4 Å². The van der Waals surface area contributed by atoms with E-state index in [1.165, 1.54) is 9.79 Å². The first-order chi connectivity index (χ1) is 9.65. The first kappa shape index (κ1) is 15.8. The Morgan fingerprint density at radius 2 is 1.20 bits per heavy atom. The molecule has 0 heterocycles. The number of rotatable bonds is 4. The highest BCUT2D eigenvalue weighted by atomic mass is 32.2. The number of hydrogen-bond acceptors (Lipinski definition) is 3. The molecule has 0 saturated heterocycles. The van der Waals surface area contributed by atoms with E-state index in [0.29, 0.717) is 4.32 Å². The average molecular weight is 338 g/mol. The molecule has 1 nitrogen and oxygen atoms in total. The van der Waals surface area contributed by atoms with Crippen molar-refractivity contribution >= 4 is 64.1 Å². The highest BCUT2D eigenvalue weighted by Gasteiger charge is 2.12. The molecule has 0 spiro atoms. The van der Waals surface area contributed by atoms with Crippen LogP contribution >= 0.6 is 48.4 Å². The predicted molar refractivity (Wildman–Crippen MR) is 100 cm³/mol. The van der Waals surface area contributed by atoms with Gasteiger partial charge in [0.2, 0.25) is 0 Å². The SMILES string of the molecule is CSc1ccc(N(C(=S)S)c2ccc(SC)cc2)cc1. The molecule has 104 valence electrons. The minimum absolute atomic E-state index is 0.541. The Labute approximate surface area is 139 Å². The van der Waals surface area contributed by atoms with Gasteiger partial charge >= 0.3 is 0 Å². The Kier molecular flexibility index (Phi) is 5.84. The van der Waals surface area contributed by atoms with Crippen molar-refractivity contribution in [1.82, 2.24) is 0 Å². The minimum atomic E-state index is 0.541. The number of thioether (sulfide) groups is 2. The summed E-state index contributed by atoms with van der Waals surface area (Å²) in [6, 6.07) is 16.6. The molecule has 0 radical (unpaired) electrons. The van der Waals surface area contributed by atoms with Gasteiger partial charge < -0.3 is 0 Å². The largest absolute Gasteiger partial charge is 0.296 e. The molecule has 0 bridgehead atoms. The van der Waals surface area contributed by atoms with Crippen LogP contribution < -0.4 is 4.90 Å². The maximum atomic E-state index is 5.28. The normalized spacial score (nSPS) is 10.3. The third-order valence-corrected chi connectivity index (χ3v) is 4.72. The maximum Gasteiger partial charge on any atom is 0.142 e. The summed E-state index contributed by atoms with van der Waals surface area (Å²) in [5.41, 5.74) is 2.06. The summed E-state index contributed by atoms with van der Waals surface area (Å²) in [6.45, 7) is 0. The molecule has 20 heavy (non-hydrogen) atoms. The summed E-state index contributed by atoms with van der Waals surface area (Å²) < 4.78 is 0.541. The fraction of sp³-hybridized carbons (Fsp3) is 0.133. The molecule has 0 aliphatic carbocycles. The fourth-order valence-corrected chi connectivity index (χ4v) is 3.09. The topological polar surface area (TPSA) is 3.24 Å². The van der Waals surface area contributed by atoms with E-state index >= 15 is 0 Å². The van der Waals surface area contributed by atoms with Gasteiger partial charge in [-0.3, -0.25) is 4.90 Å². The lowest BCUT2D eigenvalue weighted by Gasteiger charge is -2.23. The van der Waals surface area contributed by atoms with Gasteiger partial charge in [-0.2, -0.15) is 0 Å². The molecule has 0 unspecified atom stereocenters. The second-order valence-electron chi connectivity index (χ2n) is 4.01. The van der Waals surface area contributed by atoms with Gasteiger partial charge in [-0.25, -0.2) is 0 Å². The molecule has 0 saturated carbocycles. The highest BCUT2D eigenvalue weighted by Crippen LogP contribution is 2.30. The van der Waals surface area contributed by atoms with Crippen molar-refractivity contribution in [2.24, 2.45) is 0 Å². The van der Waals surface area contributed by atoms with Crippen LogP contribution in [0.5, 0.6) is 0 Å². The van der Waals surface area contributed by atoms with E-state index in [0.717, 1.165) is 11.4 Å².